The summed E-state index contributed by atoms with van der Waals surface area (Å²) < 4.78 is 0. The third-order valence-corrected chi connectivity index (χ3v) is 2.72. The minimum atomic E-state index is -0.287. The van der Waals surface area contributed by atoms with Crippen LogP contribution in [0.2, 0.25) is 0 Å². The van der Waals surface area contributed by atoms with E-state index in [0.717, 1.165) is 18.5 Å². The zero-order valence-corrected chi connectivity index (χ0v) is 9.73. The zero-order chi connectivity index (χ0) is 10.7. The summed E-state index contributed by atoms with van der Waals surface area (Å²) in [5, 5.41) is 2.73. The van der Waals surface area contributed by atoms with E-state index in [0.29, 0.717) is 0 Å². The maximum absolute atomic E-state index is 11.2. The van der Waals surface area contributed by atoms with Crippen LogP contribution in [0.15, 0.2) is 18.2 Å². The van der Waals surface area contributed by atoms with Gasteiger partial charge in [-0.2, -0.15) is 0 Å². The number of nitrogens with one attached hydrogen (secondary N) is 1. The quantitative estimate of drug-likeness (QED) is 0.776. The highest BCUT2D eigenvalue weighted by molar-refractivity contribution is 9.12. The molecule has 0 heterocycles. The molecule has 0 atom stereocenters. The van der Waals surface area contributed by atoms with Crippen molar-refractivity contribution < 1.29 is 4.79 Å². The van der Waals surface area contributed by atoms with Gasteiger partial charge in [0.05, 0.1) is 0 Å². The first-order chi connectivity index (χ1) is 7.29. The van der Waals surface area contributed by atoms with E-state index in [2.05, 4.69) is 38.1 Å². The van der Waals surface area contributed by atoms with Crippen LogP contribution in [-0.2, 0) is 17.6 Å². The maximum atomic E-state index is 11.2. The summed E-state index contributed by atoms with van der Waals surface area (Å²) in [6.45, 7) is 0. The second kappa shape index (κ2) is 4.50. The Morgan fingerprint density at radius 3 is 2.93 bits per heavy atom. The molecule has 3 heteroatoms. The van der Waals surface area contributed by atoms with Crippen LogP contribution >= 0.6 is 15.9 Å². The number of benzene rings is 1. The molecule has 1 aromatic carbocycles. The number of carbonyl (C=O) groups is 1. The van der Waals surface area contributed by atoms with Crippen molar-refractivity contribution >= 4 is 27.5 Å². The topological polar surface area (TPSA) is 29.1 Å². The van der Waals surface area contributed by atoms with E-state index < -0.39 is 0 Å². The van der Waals surface area contributed by atoms with Crippen LogP contribution in [-0.4, -0.2) is 5.91 Å². The molecule has 0 aliphatic heterocycles. The Hall–Kier alpha value is -1.27. The molecule has 2 rings (SSSR count). The SMILES string of the molecule is O=C(C#CBr)Nc1ccc2c(c1)CCC2. The van der Waals surface area contributed by atoms with E-state index in [4.69, 9.17) is 0 Å². The molecule has 0 unspecified atom stereocenters. The monoisotopic (exact) mass is 263 g/mol. The zero-order valence-electron chi connectivity index (χ0n) is 8.14. The summed E-state index contributed by atoms with van der Waals surface area (Å²) in [6.07, 6.45) is 3.49. The number of halogens is 1. The molecule has 0 radical (unpaired) electrons. The molecule has 0 saturated carbocycles. The fourth-order valence-corrected chi connectivity index (χ4v) is 2.03. The summed E-state index contributed by atoms with van der Waals surface area (Å²) >= 11 is 2.89. The largest absolute Gasteiger partial charge is 0.315 e. The van der Waals surface area contributed by atoms with Gasteiger partial charge in [0, 0.05) is 27.5 Å². The normalized spacial score (nSPS) is 12.6. The summed E-state index contributed by atoms with van der Waals surface area (Å²) in [7, 11) is 0. The standard InChI is InChI=1S/C12H10BrNO/c13-7-6-12(15)14-11-5-4-9-2-1-3-10(9)8-11/h4-5,8H,1-3H2,(H,14,15). The summed E-state index contributed by atoms with van der Waals surface area (Å²) in [5.41, 5.74) is 3.58. The predicted octanol–water partition coefficient (Wildman–Crippen LogP) is 2.47. The van der Waals surface area contributed by atoms with Gasteiger partial charge in [-0.05, 0) is 47.4 Å². The van der Waals surface area contributed by atoms with Gasteiger partial charge in [-0.1, -0.05) is 6.07 Å². The minimum Gasteiger partial charge on any atom is -0.315 e. The van der Waals surface area contributed by atoms with Gasteiger partial charge in [0.1, 0.15) is 0 Å². The molecule has 1 amide bonds. The minimum absolute atomic E-state index is 0.287. The van der Waals surface area contributed by atoms with Crippen LogP contribution in [0.25, 0.3) is 0 Å². The maximum Gasteiger partial charge on any atom is 0.301 e. The molecule has 1 aliphatic carbocycles. The molecular formula is C12H10BrNO. The van der Waals surface area contributed by atoms with Crippen molar-refractivity contribution in [2.24, 2.45) is 0 Å². The smallest absolute Gasteiger partial charge is 0.301 e. The number of hydrogen-bond donors (Lipinski definition) is 1. The van der Waals surface area contributed by atoms with Crippen LogP contribution in [0.1, 0.15) is 17.5 Å². The van der Waals surface area contributed by atoms with Crippen molar-refractivity contribution in [3.8, 4) is 10.8 Å². The van der Waals surface area contributed by atoms with Crippen molar-refractivity contribution in [3.05, 3.63) is 29.3 Å². The van der Waals surface area contributed by atoms with Gasteiger partial charge >= 0.3 is 5.91 Å². The lowest BCUT2D eigenvalue weighted by Crippen LogP contribution is -2.08. The Kier molecular flexibility index (Phi) is 3.08. The lowest BCUT2D eigenvalue weighted by Gasteiger charge is -2.04. The number of anilines is 1. The molecule has 1 N–H and O–H groups in total. The number of fused-ring (bicyclic) bond motifs is 1. The molecule has 0 bridgehead atoms. The molecule has 1 aliphatic rings. The van der Waals surface area contributed by atoms with Gasteiger partial charge in [-0.15, -0.1) is 0 Å². The van der Waals surface area contributed by atoms with Crippen LogP contribution in [0.3, 0.4) is 0 Å². The number of carbonyl (C=O) groups excluding carboxylic acids is 1. The van der Waals surface area contributed by atoms with Gasteiger partial charge in [0.15, 0.2) is 0 Å². The highest BCUT2D eigenvalue weighted by Crippen LogP contribution is 2.24. The average molecular weight is 264 g/mol. The van der Waals surface area contributed by atoms with Crippen LogP contribution in [0.4, 0.5) is 5.69 Å². The second-order valence-corrected chi connectivity index (χ2v) is 3.91. The molecule has 15 heavy (non-hydrogen) atoms. The third-order valence-electron chi connectivity index (χ3n) is 2.52. The van der Waals surface area contributed by atoms with Gasteiger partial charge in [-0.3, -0.25) is 4.79 Å². The first kappa shape index (κ1) is 10.3. The van der Waals surface area contributed by atoms with E-state index in [1.807, 2.05) is 12.1 Å². The Morgan fingerprint density at radius 1 is 1.33 bits per heavy atom. The fraction of sp³-hybridized carbons (Fsp3) is 0.250. The van der Waals surface area contributed by atoms with Crippen molar-refractivity contribution in [2.75, 3.05) is 5.32 Å². The van der Waals surface area contributed by atoms with E-state index >= 15 is 0 Å². The summed E-state index contributed by atoms with van der Waals surface area (Å²) in [5.74, 6) is 2.09. The predicted molar refractivity (Wildman–Crippen MR) is 63.8 cm³/mol. The van der Waals surface area contributed by atoms with E-state index in [1.165, 1.54) is 17.5 Å². The number of hydrogen-bond acceptors (Lipinski definition) is 1. The van der Waals surface area contributed by atoms with E-state index in [1.54, 1.807) is 0 Å². The van der Waals surface area contributed by atoms with Crippen molar-refractivity contribution in [2.45, 2.75) is 19.3 Å². The Labute approximate surface area is 97.2 Å². The third kappa shape index (κ3) is 2.40. The number of amides is 1. The molecule has 0 saturated heterocycles. The molecule has 1 aromatic rings. The van der Waals surface area contributed by atoms with Crippen LogP contribution in [0, 0.1) is 10.8 Å². The van der Waals surface area contributed by atoms with Gasteiger partial charge < -0.3 is 5.32 Å². The summed E-state index contributed by atoms with van der Waals surface area (Å²) in [4.78, 5) is 13.6. The molecule has 0 aromatic heterocycles. The lowest BCUT2D eigenvalue weighted by molar-refractivity contribution is -0.111. The van der Waals surface area contributed by atoms with Crippen LogP contribution in [0.5, 0.6) is 0 Å². The molecule has 0 fully saturated rings. The van der Waals surface area contributed by atoms with Gasteiger partial charge in [0.2, 0.25) is 0 Å². The molecule has 0 spiro atoms. The number of rotatable bonds is 1. The van der Waals surface area contributed by atoms with Crippen molar-refractivity contribution in [3.63, 3.8) is 0 Å². The van der Waals surface area contributed by atoms with Crippen molar-refractivity contribution in [1.29, 1.82) is 0 Å². The summed E-state index contributed by atoms with van der Waals surface area (Å²) in [6, 6.07) is 6.05. The second-order valence-electron chi connectivity index (χ2n) is 3.51. The Bertz CT molecular complexity index is 456. The fourth-order valence-electron chi connectivity index (χ4n) is 1.85. The van der Waals surface area contributed by atoms with E-state index in [9.17, 15) is 4.79 Å². The first-order valence-electron chi connectivity index (χ1n) is 4.84. The lowest BCUT2D eigenvalue weighted by atomic mass is 10.1. The van der Waals surface area contributed by atoms with Gasteiger partial charge in [-0.25, -0.2) is 0 Å². The van der Waals surface area contributed by atoms with E-state index in [-0.39, 0.29) is 5.91 Å². The molecule has 76 valence electrons. The van der Waals surface area contributed by atoms with Gasteiger partial charge in [0.25, 0.3) is 0 Å². The average Bonchev–Trinajstić information content (AvgIpc) is 2.65. The first-order valence-corrected chi connectivity index (χ1v) is 5.63. The highest BCUT2D eigenvalue weighted by Gasteiger charge is 2.11. The highest BCUT2D eigenvalue weighted by atomic mass is 79.9. The Balaban J connectivity index is 2.15. The van der Waals surface area contributed by atoms with Crippen LogP contribution < -0.4 is 5.32 Å². The molecule has 2 nitrogen and oxygen atoms in total. The number of aryl methyl sites for hydroxylation is 2. The Morgan fingerprint density at radius 2 is 2.13 bits per heavy atom. The van der Waals surface area contributed by atoms with Crippen molar-refractivity contribution in [1.82, 2.24) is 0 Å². The molecular weight excluding hydrogens is 254 g/mol.